The fourth-order valence-corrected chi connectivity index (χ4v) is 4.38. The Morgan fingerprint density at radius 1 is 1.15 bits per heavy atom. The molecule has 0 saturated heterocycles. The van der Waals surface area contributed by atoms with E-state index < -0.39 is 18.6 Å². The fraction of sp³-hybridized carbons (Fsp3) is 0.143. The highest BCUT2D eigenvalue weighted by Crippen LogP contribution is 2.25. The van der Waals surface area contributed by atoms with Crippen LogP contribution in [0.1, 0.15) is 43.7 Å². The molecule has 3 N–H and O–H groups in total. The average molecular weight is 518 g/mol. The lowest BCUT2D eigenvalue weighted by molar-refractivity contribution is 0.0934. The number of hydrogen-bond donors (Lipinski definition) is 3. The van der Waals surface area contributed by atoms with Gasteiger partial charge < -0.3 is 16.0 Å². The van der Waals surface area contributed by atoms with E-state index in [9.17, 15) is 14.0 Å². The molecule has 3 heterocycles. The number of halogens is 2. The number of benzene rings is 1. The Labute approximate surface area is 206 Å². The van der Waals surface area contributed by atoms with E-state index in [-0.39, 0.29) is 16.6 Å². The molecule has 174 valence electrons. The monoisotopic (exact) mass is 517 g/mol. The van der Waals surface area contributed by atoms with Crippen LogP contribution in [0.15, 0.2) is 48.4 Å². The van der Waals surface area contributed by atoms with Crippen molar-refractivity contribution in [1.82, 2.24) is 25.3 Å². The quantitative estimate of drug-likeness (QED) is 0.300. The van der Waals surface area contributed by atoms with Gasteiger partial charge in [0.05, 0.1) is 12.2 Å². The Morgan fingerprint density at radius 2 is 2.00 bits per heavy atom. The van der Waals surface area contributed by atoms with E-state index in [1.54, 1.807) is 19.2 Å². The number of rotatable bonds is 8. The molecular weight excluding hydrogens is 501 g/mol. The summed E-state index contributed by atoms with van der Waals surface area (Å²) in [6.45, 7) is 1.07. The maximum Gasteiger partial charge on any atom is 0.270 e. The minimum absolute atomic E-state index is 0.170. The van der Waals surface area contributed by atoms with Crippen molar-refractivity contribution in [2.24, 2.45) is 0 Å². The molecule has 4 aromatic rings. The second kappa shape index (κ2) is 10.6. The van der Waals surface area contributed by atoms with Gasteiger partial charge in [0.2, 0.25) is 0 Å². The van der Waals surface area contributed by atoms with Crippen LogP contribution in [0.5, 0.6) is 0 Å². The highest BCUT2D eigenvalue weighted by molar-refractivity contribution is 7.14. The maximum absolute atomic E-state index is 12.8. The van der Waals surface area contributed by atoms with Crippen molar-refractivity contribution in [3.63, 3.8) is 0 Å². The third-order valence-corrected chi connectivity index (χ3v) is 6.71. The summed E-state index contributed by atoms with van der Waals surface area (Å²) < 4.78 is 12.8. The van der Waals surface area contributed by atoms with Crippen molar-refractivity contribution >= 4 is 62.7 Å². The first-order chi connectivity index (χ1) is 16.4. The van der Waals surface area contributed by atoms with Crippen molar-refractivity contribution < 1.29 is 14.0 Å². The lowest BCUT2D eigenvalue weighted by Crippen LogP contribution is -2.27. The predicted octanol–water partition coefficient (Wildman–Crippen LogP) is 5.00. The number of thiazole rings is 2. The Morgan fingerprint density at radius 3 is 2.74 bits per heavy atom. The topological polar surface area (TPSA) is 122 Å². The van der Waals surface area contributed by atoms with Gasteiger partial charge in [0.15, 0.2) is 5.13 Å². The van der Waals surface area contributed by atoms with Crippen molar-refractivity contribution in [2.75, 3.05) is 10.6 Å². The number of carbonyl (C=O) groups excluding carboxylic acids is 2. The Balaban J connectivity index is 1.38. The molecule has 1 unspecified atom stereocenters. The van der Waals surface area contributed by atoms with Crippen molar-refractivity contribution in [2.45, 2.75) is 19.6 Å². The van der Waals surface area contributed by atoms with Gasteiger partial charge in [-0.2, -0.15) is 0 Å². The number of nitrogens with one attached hydrogen (secondary N) is 3. The lowest BCUT2D eigenvalue weighted by atomic mass is 10.2. The number of amides is 2. The van der Waals surface area contributed by atoms with Crippen LogP contribution in [0.4, 0.5) is 21.0 Å². The molecule has 0 aliphatic heterocycles. The Kier molecular flexibility index (Phi) is 7.40. The molecule has 9 nitrogen and oxygen atoms in total. The van der Waals surface area contributed by atoms with Gasteiger partial charge in [-0.1, -0.05) is 17.7 Å². The van der Waals surface area contributed by atoms with Crippen molar-refractivity contribution in [3.8, 4) is 0 Å². The van der Waals surface area contributed by atoms with Crippen LogP contribution >= 0.6 is 34.3 Å². The summed E-state index contributed by atoms with van der Waals surface area (Å²) in [5, 5.41) is 11.8. The van der Waals surface area contributed by atoms with Gasteiger partial charge in [0.1, 0.15) is 34.4 Å². The zero-order valence-corrected chi connectivity index (χ0v) is 20.0. The van der Waals surface area contributed by atoms with Gasteiger partial charge in [0, 0.05) is 33.9 Å². The summed E-state index contributed by atoms with van der Waals surface area (Å²) in [4.78, 5) is 42.0. The molecule has 0 radical (unpaired) electrons. The predicted molar refractivity (Wildman–Crippen MR) is 130 cm³/mol. The zero-order valence-electron chi connectivity index (χ0n) is 17.6. The highest BCUT2D eigenvalue weighted by atomic mass is 35.5. The number of anilines is 3. The first-order valence-electron chi connectivity index (χ1n) is 9.84. The van der Waals surface area contributed by atoms with E-state index in [0.717, 1.165) is 11.3 Å². The summed E-state index contributed by atoms with van der Waals surface area (Å²) >= 11 is 8.54. The molecule has 0 saturated carbocycles. The van der Waals surface area contributed by atoms with Gasteiger partial charge in [-0.05, 0) is 19.1 Å². The molecule has 3 aromatic heterocycles. The van der Waals surface area contributed by atoms with E-state index in [2.05, 4.69) is 35.9 Å². The average Bonchev–Trinajstić information content (AvgIpc) is 3.52. The van der Waals surface area contributed by atoms with Crippen LogP contribution in [0.25, 0.3) is 0 Å². The molecule has 1 aromatic carbocycles. The summed E-state index contributed by atoms with van der Waals surface area (Å²) in [5.74, 6) is -0.364. The van der Waals surface area contributed by atoms with Crippen LogP contribution in [-0.4, -0.2) is 31.8 Å². The lowest BCUT2D eigenvalue weighted by Gasteiger charge is -2.11. The molecule has 1 atom stereocenters. The second-order valence-electron chi connectivity index (χ2n) is 6.90. The van der Waals surface area contributed by atoms with Crippen LogP contribution in [0.3, 0.4) is 0 Å². The molecule has 2 amide bonds. The molecule has 0 bridgehead atoms. The number of hydrogen-bond acceptors (Lipinski definition) is 9. The normalized spacial score (nSPS) is 11.6. The molecule has 0 spiro atoms. The largest absolute Gasteiger partial charge is 0.342 e. The molecule has 13 heteroatoms. The maximum atomic E-state index is 12.8. The number of nitrogens with zero attached hydrogens (tertiary/aromatic N) is 4. The number of aromatic nitrogens is 4. The van der Waals surface area contributed by atoms with Crippen LogP contribution in [-0.2, 0) is 6.67 Å². The highest BCUT2D eigenvalue weighted by Gasteiger charge is 2.19. The second-order valence-corrected chi connectivity index (χ2v) is 9.27. The van der Waals surface area contributed by atoms with Gasteiger partial charge in [-0.15, -0.1) is 22.7 Å². The zero-order chi connectivity index (χ0) is 24.1. The van der Waals surface area contributed by atoms with Crippen LogP contribution in [0.2, 0.25) is 5.02 Å². The van der Waals surface area contributed by atoms with Gasteiger partial charge >= 0.3 is 0 Å². The summed E-state index contributed by atoms with van der Waals surface area (Å²) in [6.07, 6.45) is 4.37. The van der Waals surface area contributed by atoms with Gasteiger partial charge in [-0.3, -0.25) is 9.59 Å². The molecule has 34 heavy (non-hydrogen) atoms. The minimum atomic E-state index is -0.687. The van der Waals surface area contributed by atoms with E-state index in [1.807, 2.05) is 5.38 Å². The first kappa shape index (κ1) is 23.7. The van der Waals surface area contributed by atoms with Gasteiger partial charge in [0.25, 0.3) is 11.8 Å². The summed E-state index contributed by atoms with van der Waals surface area (Å²) in [5.41, 5.74) is 0.956. The molecule has 0 aliphatic rings. The fourth-order valence-electron chi connectivity index (χ4n) is 2.80. The van der Waals surface area contributed by atoms with E-state index >= 15 is 0 Å². The third kappa shape index (κ3) is 5.71. The van der Waals surface area contributed by atoms with Crippen molar-refractivity contribution in [3.05, 3.63) is 74.5 Å². The van der Waals surface area contributed by atoms with Crippen molar-refractivity contribution in [1.29, 1.82) is 0 Å². The summed E-state index contributed by atoms with van der Waals surface area (Å²) in [7, 11) is 0. The number of alkyl halides is 1. The SMILES string of the molecule is CC(NC(=O)c1cc(Nc2nccs2)ncn1)c1ncc(C(=O)Nc2ccc(CF)c(Cl)c2)s1. The smallest absolute Gasteiger partial charge is 0.270 e. The Hall–Kier alpha value is -3.48. The Bertz CT molecular complexity index is 1320. The number of carbonyl (C=O) groups is 2. The summed E-state index contributed by atoms with van der Waals surface area (Å²) in [6, 6.07) is 5.62. The molecular formula is C21H17ClFN7O2S2. The van der Waals surface area contributed by atoms with Crippen LogP contribution in [0, 0.1) is 0 Å². The van der Waals surface area contributed by atoms with E-state index in [1.165, 1.54) is 42.1 Å². The first-order valence-corrected chi connectivity index (χ1v) is 11.9. The standard InChI is InChI=1S/C21H17ClFN7O2S2/c1-11(28-18(31)15-7-17(27-10-26-15)30-21-24-4-5-33-21)20-25-9-16(34-20)19(32)29-13-3-2-12(8-23)14(22)6-13/h2-7,9-11H,8H2,1H3,(H,28,31)(H,29,32)(H,24,26,27,30). The molecule has 4 rings (SSSR count). The van der Waals surface area contributed by atoms with E-state index in [4.69, 9.17) is 11.6 Å². The van der Waals surface area contributed by atoms with Crippen LogP contribution < -0.4 is 16.0 Å². The third-order valence-electron chi connectivity index (χ3n) is 4.49. The van der Waals surface area contributed by atoms with E-state index in [0.29, 0.717) is 32.1 Å². The van der Waals surface area contributed by atoms with Gasteiger partial charge in [-0.25, -0.2) is 24.3 Å². The molecule has 0 aliphatic carbocycles. The molecule has 0 fully saturated rings. The minimum Gasteiger partial charge on any atom is -0.342 e.